The van der Waals surface area contributed by atoms with Gasteiger partial charge in [0.25, 0.3) is 0 Å². The number of carboxylic acid groups (broad SMARTS) is 1. The fourth-order valence-electron chi connectivity index (χ4n) is 4.03. The smallest absolute Gasteiger partial charge is 0.408 e. The molecular formula is C28H39N2O7P. The van der Waals surface area contributed by atoms with Crippen molar-refractivity contribution in [2.45, 2.75) is 59.6 Å². The molecule has 0 aromatic heterocycles. The summed E-state index contributed by atoms with van der Waals surface area (Å²) in [6.07, 6.45) is -1.55. The van der Waals surface area contributed by atoms with E-state index in [4.69, 9.17) is 4.74 Å². The number of nitrogens with one attached hydrogen (secondary N) is 1. The summed E-state index contributed by atoms with van der Waals surface area (Å²) in [4.78, 5) is 49.6. The van der Waals surface area contributed by atoms with E-state index in [1.807, 2.05) is 44.2 Å². The van der Waals surface area contributed by atoms with Crippen LogP contribution in [-0.2, 0) is 18.9 Å². The van der Waals surface area contributed by atoms with Gasteiger partial charge >= 0.3 is 12.1 Å². The van der Waals surface area contributed by atoms with E-state index in [0.29, 0.717) is 5.69 Å². The molecule has 9 nitrogen and oxygen atoms in total. The second-order valence-electron chi connectivity index (χ2n) is 10.8. The lowest BCUT2D eigenvalue weighted by atomic mass is 9.96. The largest absolute Gasteiger partial charge is 0.480 e. The molecule has 0 saturated carbocycles. The summed E-state index contributed by atoms with van der Waals surface area (Å²) >= 11 is 0. The van der Waals surface area contributed by atoms with Crippen molar-refractivity contribution in [3.63, 3.8) is 0 Å². The van der Waals surface area contributed by atoms with Crippen LogP contribution in [0.25, 0.3) is 11.1 Å². The van der Waals surface area contributed by atoms with E-state index in [0.717, 1.165) is 11.1 Å². The average molecular weight is 547 g/mol. The molecule has 0 saturated heterocycles. The summed E-state index contributed by atoms with van der Waals surface area (Å²) in [5, 5.41) is 12.1. The van der Waals surface area contributed by atoms with Crippen LogP contribution in [0.4, 0.5) is 10.5 Å². The number of hydrogen-bond donors (Lipinski definition) is 3. The number of carbonyl (C=O) groups excluding carboxylic acids is 2. The zero-order valence-corrected chi connectivity index (χ0v) is 23.8. The van der Waals surface area contributed by atoms with Gasteiger partial charge < -0.3 is 20.1 Å². The topological polar surface area (TPSA) is 133 Å². The monoisotopic (exact) mass is 546 g/mol. The molecular weight excluding hydrogens is 507 g/mol. The first-order valence-corrected chi connectivity index (χ1v) is 14.6. The second kappa shape index (κ2) is 13.1. The van der Waals surface area contributed by atoms with Gasteiger partial charge in [0.15, 0.2) is 0 Å². The van der Waals surface area contributed by atoms with Crippen LogP contribution in [0.3, 0.4) is 0 Å². The summed E-state index contributed by atoms with van der Waals surface area (Å²) in [7, 11) is -4.02. The predicted octanol–water partition coefficient (Wildman–Crippen LogP) is 5.57. The fraction of sp³-hybridized carbons (Fsp3) is 0.464. The molecule has 38 heavy (non-hydrogen) atoms. The summed E-state index contributed by atoms with van der Waals surface area (Å²) < 4.78 is 18.2. The Morgan fingerprint density at radius 2 is 1.53 bits per heavy atom. The molecule has 2 aromatic carbocycles. The van der Waals surface area contributed by atoms with Crippen LogP contribution in [0.2, 0.25) is 0 Å². The van der Waals surface area contributed by atoms with Crippen molar-refractivity contribution < 1.29 is 33.7 Å². The highest BCUT2D eigenvalue weighted by Gasteiger charge is 2.37. The molecule has 2 amide bonds. The van der Waals surface area contributed by atoms with Crippen molar-refractivity contribution in [3.8, 4) is 11.1 Å². The Hall–Kier alpha value is -3.16. The number of ether oxygens (including phenoxy) is 1. The minimum atomic E-state index is -4.02. The number of rotatable bonds is 11. The Morgan fingerprint density at radius 3 is 2.03 bits per heavy atom. The zero-order valence-electron chi connectivity index (χ0n) is 22.9. The molecule has 0 aliphatic carbocycles. The van der Waals surface area contributed by atoms with E-state index >= 15 is 0 Å². The molecule has 2 unspecified atom stereocenters. The highest BCUT2D eigenvalue weighted by atomic mass is 31.2. The second-order valence-corrected chi connectivity index (χ2v) is 13.2. The van der Waals surface area contributed by atoms with Crippen molar-refractivity contribution in [2.75, 3.05) is 17.3 Å². The maximum Gasteiger partial charge on any atom is 0.408 e. The molecule has 0 aliphatic rings. The van der Waals surface area contributed by atoms with Gasteiger partial charge in [0.05, 0.1) is 6.29 Å². The van der Waals surface area contributed by atoms with Crippen LogP contribution in [0.1, 0.15) is 48.0 Å². The van der Waals surface area contributed by atoms with Gasteiger partial charge in [0.2, 0.25) is 13.3 Å². The highest BCUT2D eigenvalue weighted by Crippen LogP contribution is 2.43. The lowest BCUT2D eigenvalue weighted by Crippen LogP contribution is -2.47. The summed E-state index contributed by atoms with van der Waals surface area (Å²) in [6, 6.07) is 15.4. The van der Waals surface area contributed by atoms with E-state index in [1.165, 1.54) is 11.8 Å². The molecule has 0 heterocycles. The molecule has 208 valence electrons. The lowest BCUT2D eigenvalue weighted by Gasteiger charge is -2.32. The van der Waals surface area contributed by atoms with E-state index in [9.17, 15) is 28.9 Å². The van der Waals surface area contributed by atoms with Crippen molar-refractivity contribution in [2.24, 2.45) is 11.8 Å². The van der Waals surface area contributed by atoms with Gasteiger partial charge in [-0.3, -0.25) is 14.3 Å². The quantitative estimate of drug-likeness (QED) is 0.314. The molecule has 0 bridgehead atoms. The molecule has 0 radical (unpaired) electrons. The first-order chi connectivity index (χ1) is 17.6. The summed E-state index contributed by atoms with van der Waals surface area (Å²) in [5.41, 5.74) is 1.47. The Labute approximate surface area is 224 Å². The fourth-order valence-corrected chi connectivity index (χ4v) is 5.53. The van der Waals surface area contributed by atoms with Crippen LogP contribution in [-0.4, -0.2) is 52.1 Å². The minimum Gasteiger partial charge on any atom is -0.480 e. The van der Waals surface area contributed by atoms with Gasteiger partial charge in [-0.05, 0) is 63.3 Å². The van der Waals surface area contributed by atoms with Gasteiger partial charge in [-0.15, -0.1) is 0 Å². The summed E-state index contributed by atoms with van der Waals surface area (Å²) in [5.74, 6) is -2.72. The Balaban J connectivity index is 2.32. The third-order valence-corrected chi connectivity index (χ3v) is 7.38. The van der Waals surface area contributed by atoms with Gasteiger partial charge in [-0.2, -0.15) is 0 Å². The molecule has 0 spiro atoms. The average Bonchev–Trinajstić information content (AvgIpc) is 2.82. The molecule has 10 heteroatoms. The third-order valence-electron chi connectivity index (χ3n) is 5.71. The maximum absolute atomic E-state index is 13.8. The molecule has 0 aliphatic heterocycles. The number of carboxylic acids is 1. The van der Waals surface area contributed by atoms with E-state index in [2.05, 4.69) is 5.32 Å². The molecule has 3 atom stereocenters. The number of anilines is 1. The first kappa shape index (κ1) is 31.1. The van der Waals surface area contributed by atoms with E-state index in [1.54, 1.807) is 45.0 Å². The SMILES string of the molecule is CC(C)CC(CP(=O)(O)CNC(=O)OC(C)(C)C)C(=O)N(c1ccc(-c2ccccc2)cc1)[C@@H](C)C(=O)O. The van der Waals surface area contributed by atoms with Crippen LogP contribution in [0, 0.1) is 11.8 Å². The Kier molecular flexibility index (Phi) is 10.7. The van der Waals surface area contributed by atoms with Crippen LogP contribution in [0.5, 0.6) is 0 Å². The summed E-state index contributed by atoms with van der Waals surface area (Å²) in [6.45, 7) is 10.2. The highest BCUT2D eigenvalue weighted by molar-refractivity contribution is 7.58. The predicted molar refractivity (Wildman–Crippen MR) is 148 cm³/mol. The van der Waals surface area contributed by atoms with E-state index in [-0.39, 0.29) is 12.3 Å². The molecule has 2 aromatic rings. The number of alkyl carbamates (subject to hydrolysis) is 1. The Morgan fingerprint density at radius 1 is 0.974 bits per heavy atom. The number of aliphatic carboxylic acids is 1. The van der Waals surface area contributed by atoms with Crippen molar-refractivity contribution in [3.05, 3.63) is 54.6 Å². The zero-order chi connectivity index (χ0) is 28.7. The van der Waals surface area contributed by atoms with E-state index < -0.39 is 55.3 Å². The molecule has 2 rings (SSSR count). The minimum absolute atomic E-state index is 0.00907. The third kappa shape index (κ3) is 9.62. The normalized spacial score (nSPS) is 14.7. The lowest BCUT2D eigenvalue weighted by molar-refractivity contribution is -0.140. The van der Waals surface area contributed by atoms with Crippen LogP contribution in [0.15, 0.2) is 54.6 Å². The number of nitrogens with zero attached hydrogens (tertiary/aromatic N) is 1. The first-order valence-electron chi connectivity index (χ1n) is 12.6. The number of benzene rings is 2. The standard InChI is InChI=1S/C28H39N2O7P/c1-19(2)16-23(17-38(35,36)18-29-27(34)37-28(4,5)6)25(31)30(20(3)26(32)33)24-14-12-22(13-15-24)21-10-8-7-9-11-21/h7-15,19-20,23H,16-18H2,1-6H3,(H,29,34)(H,32,33)(H,35,36)/t20-,23?/m0/s1. The maximum atomic E-state index is 13.8. The van der Waals surface area contributed by atoms with Crippen molar-refractivity contribution in [1.82, 2.24) is 5.32 Å². The van der Waals surface area contributed by atoms with Crippen molar-refractivity contribution >= 4 is 31.0 Å². The van der Waals surface area contributed by atoms with Gasteiger partial charge in [-0.25, -0.2) is 9.59 Å². The van der Waals surface area contributed by atoms with Gasteiger partial charge in [-0.1, -0.05) is 56.3 Å². The number of carbonyl (C=O) groups is 3. The number of hydrogen-bond acceptors (Lipinski definition) is 5. The Bertz CT molecular complexity index is 1140. The van der Waals surface area contributed by atoms with Crippen molar-refractivity contribution in [1.29, 1.82) is 0 Å². The van der Waals surface area contributed by atoms with Gasteiger partial charge in [0.1, 0.15) is 11.6 Å². The van der Waals surface area contributed by atoms with Crippen LogP contribution < -0.4 is 10.2 Å². The number of amides is 2. The molecule has 0 fully saturated rings. The van der Waals surface area contributed by atoms with Gasteiger partial charge in [0, 0.05) is 17.8 Å². The molecule has 3 N–H and O–H groups in total. The van der Waals surface area contributed by atoms with Crippen LogP contribution >= 0.6 is 7.37 Å².